The van der Waals surface area contributed by atoms with E-state index in [-0.39, 0.29) is 15.8 Å². The Labute approximate surface area is 114 Å². The normalized spacial score (nSPS) is 9.87. The fourth-order valence-electron chi connectivity index (χ4n) is 0.872. The summed E-state index contributed by atoms with van der Waals surface area (Å²) in [5.74, 6) is 0.364. The first-order chi connectivity index (χ1) is 7.00. The second kappa shape index (κ2) is 5.99. The molecule has 0 aliphatic rings. The van der Waals surface area contributed by atoms with Gasteiger partial charge in [0.2, 0.25) is 0 Å². The van der Waals surface area contributed by atoms with Crippen molar-refractivity contribution in [2.75, 3.05) is 6.61 Å². The van der Waals surface area contributed by atoms with Gasteiger partial charge in [0.1, 0.15) is 12.4 Å². The average Bonchev–Trinajstić information content (AvgIpc) is 2.08. The lowest BCUT2D eigenvalue weighted by atomic mass is 10.3. The quantitative estimate of drug-likeness (QED) is 0.827. The number of aromatic hydroxyl groups is 1. The number of benzene rings is 1. The van der Waals surface area contributed by atoms with E-state index in [2.05, 4.69) is 31.9 Å². The molecule has 1 N–H and O–H groups in total. The van der Waals surface area contributed by atoms with Gasteiger partial charge in [-0.2, -0.15) is 0 Å². The van der Waals surface area contributed by atoms with Gasteiger partial charge < -0.3 is 9.84 Å². The Morgan fingerprint density at radius 3 is 2.33 bits per heavy atom. The number of phenols is 1. The highest BCUT2D eigenvalue weighted by Gasteiger charge is 2.08. The number of hydrogen-bond donors (Lipinski definition) is 1. The molecule has 1 aromatic carbocycles. The molecule has 0 radical (unpaired) electrons. The summed E-state index contributed by atoms with van der Waals surface area (Å²) in [6.45, 7) is 0.316. The monoisotopic (exact) mass is 374 g/mol. The number of hydrogen-bond acceptors (Lipinski definition) is 2. The van der Waals surface area contributed by atoms with E-state index < -0.39 is 0 Å². The lowest BCUT2D eigenvalue weighted by Crippen LogP contribution is -1.95. The lowest BCUT2D eigenvalue weighted by molar-refractivity contribution is 0.362. The van der Waals surface area contributed by atoms with E-state index in [0.717, 1.165) is 3.39 Å². The molecule has 0 spiro atoms. The highest BCUT2D eigenvalue weighted by atomic mass is 79.9. The maximum Gasteiger partial charge on any atom is 0.157 e. The Morgan fingerprint density at radius 2 is 1.87 bits per heavy atom. The van der Waals surface area contributed by atoms with Crippen molar-refractivity contribution in [3.8, 4) is 11.5 Å². The molecule has 0 bridgehead atoms. The Morgan fingerprint density at radius 1 is 1.33 bits per heavy atom. The molecule has 0 unspecified atom stereocenters. The highest BCUT2D eigenvalue weighted by molar-refractivity contribution is 9.28. The van der Waals surface area contributed by atoms with Gasteiger partial charge in [-0.15, -0.1) is 0 Å². The van der Waals surface area contributed by atoms with E-state index in [1.807, 2.05) is 0 Å². The van der Waals surface area contributed by atoms with Crippen LogP contribution in [0.5, 0.6) is 11.5 Å². The minimum atomic E-state index is 0.00886. The van der Waals surface area contributed by atoms with Gasteiger partial charge in [-0.3, -0.25) is 0 Å². The number of phenolic OH excluding ortho intramolecular Hbond substituents is 1. The minimum Gasteiger partial charge on any atom is -0.508 e. The summed E-state index contributed by atoms with van der Waals surface area (Å²) in [4.78, 5) is 0. The molecule has 0 aliphatic heterocycles. The van der Waals surface area contributed by atoms with E-state index in [1.54, 1.807) is 6.08 Å². The summed E-state index contributed by atoms with van der Waals surface area (Å²) in [6.07, 6.45) is 1.75. The van der Waals surface area contributed by atoms with Crippen LogP contribution in [0.4, 0.5) is 0 Å². The minimum absolute atomic E-state index is 0.00886. The molecule has 82 valence electrons. The summed E-state index contributed by atoms with van der Waals surface area (Å²) in [6, 6.07) is 2.74. The Kier molecular flexibility index (Phi) is 5.26. The number of halogens is 4. The molecule has 1 aromatic rings. The van der Waals surface area contributed by atoms with Crippen LogP contribution in [0.15, 0.2) is 21.6 Å². The van der Waals surface area contributed by atoms with Crippen molar-refractivity contribution in [1.29, 1.82) is 0 Å². The smallest absolute Gasteiger partial charge is 0.157 e. The van der Waals surface area contributed by atoms with Crippen molar-refractivity contribution in [1.82, 2.24) is 0 Å². The lowest BCUT2D eigenvalue weighted by Gasteiger charge is -2.08. The van der Waals surface area contributed by atoms with E-state index in [0.29, 0.717) is 12.4 Å². The van der Waals surface area contributed by atoms with Gasteiger partial charge in [-0.1, -0.05) is 23.2 Å². The molecular formula is C9H6Br2Cl2O2. The molecule has 0 aliphatic carbocycles. The molecule has 0 amide bonds. The van der Waals surface area contributed by atoms with Gasteiger partial charge >= 0.3 is 0 Å². The topological polar surface area (TPSA) is 29.5 Å². The Hall–Kier alpha value is 0.1000. The van der Waals surface area contributed by atoms with Gasteiger partial charge in [0.05, 0.1) is 13.4 Å². The highest BCUT2D eigenvalue weighted by Crippen LogP contribution is 2.36. The van der Waals surface area contributed by atoms with Crippen molar-refractivity contribution < 1.29 is 9.84 Å². The van der Waals surface area contributed by atoms with Crippen LogP contribution >= 0.6 is 55.1 Å². The predicted molar refractivity (Wildman–Crippen MR) is 69.6 cm³/mol. The zero-order valence-electron chi connectivity index (χ0n) is 7.31. The van der Waals surface area contributed by atoms with Gasteiger partial charge in [0, 0.05) is 12.1 Å². The first kappa shape index (κ1) is 13.2. The summed E-state index contributed by atoms with van der Waals surface area (Å²) in [5.41, 5.74) is 0. The second-order valence-corrected chi connectivity index (χ2v) is 6.13. The zero-order valence-corrected chi connectivity index (χ0v) is 12.0. The molecular weight excluding hydrogens is 371 g/mol. The first-order valence-corrected chi connectivity index (χ1v) is 6.17. The standard InChI is InChI=1S/C9H6Br2Cl2O2/c10-8(11)1-2-15-9-6(12)3-5(14)4-7(9)13/h1,3-4,14H,2H2. The fraction of sp³-hybridized carbons (Fsp3) is 0.111. The van der Waals surface area contributed by atoms with Gasteiger partial charge in [-0.25, -0.2) is 0 Å². The fourth-order valence-corrected chi connectivity index (χ4v) is 1.72. The van der Waals surface area contributed by atoms with Crippen LogP contribution in [0.2, 0.25) is 10.0 Å². The molecule has 0 heterocycles. The summed E-state index contributed by atoms with van der Waals surface area (Å²) >= 11 is 18.0. The predicted octanol–water partition coefficient (Wildman–Crippen LogP) is 4.71. The third kappa shape index (κ3) is 4.23. The zero-order chi connectivity index (χ0) is 11.4. The van der Waals surface area contributed by atoms with E-state index in [9.17, 15) is 5.11 Å². The number of rotatable bonds is 3. The van der Waals surface area contributed by atoms with Crippen molar-refractivity contribution in [3.63, 3.8) is 0 Å². The van der Waals surface area contributed by atoms with Crippen LogP contribution in [-0.4, -0.2) is 11.7 Å². The van der Waals surface area contributed by atoms with Crippen molar-refractivity contribution in [2.24, 2.45) is 0 Å². The molecule has 0 saturated carbocycles. The third-order valence-electron chi connectivity index (χ3n) is 1.45. The van der Waals surface area contributed by atoms with Crippen LogP contribution in [0.3, 0.4) is 0 Å². The molecule has 0 fully saturated rings. The van der Waals surface area contributed by atoms with Crippen LogP contribution in [0, 0.1) is 0 Å². The summed E-state index contributed by atoms with van der Waals surface area (Å²) < 4.78 is 6.10. The van der Waals surface area contributed by atoms with Gasteiger partial charge in [0.15, 0.2) is 5.75 Å². The maximum atomic E-state index is 9.18. The summed E-state index contributed by atoms with van der Waals surface area (Å²) in [5, 5.41) is 9.73. The summed E-state index contributed by atoms with van der Waals surface area (Å²) in [7, 11) is 0. The van der Waals surface area contributed by atoms with Gasteiger partial charge in [0.25, 0.3) is 0 Å². The van der Waals surface area contributed by atoms with Crippen LogP contribution < -0.4 is 4.74 Å². The Balaban J connectivity index is 2.81. The molecule has 0 saturated heterocycles. The second-order valence-electron chi connectivity index (χ2n) is 2.54. The van der Waals surface area contributed by atoms with Crippen LogP contribution in [0.1, 0.15) is 0 Å². The van der Waals surface area contributed by atoms with E-state index in [1.165, 1.54) is 12.1 Å². The maximum absolute atomic E-state index is 9.18. The molecule has 1 rings (SSSR count). The van der Waals surface area contributed by atoms with Crippen molar-refractivity contribution >= 4 is 55.1 Å². The first-order valence-electron chi connectivity index (χ1n) is 3.82. The molecule has 0 atom stereocenters. The largest absolute Gasteiger partial charge is 0.508 e. The molecule has 2 nitrogen and oxygen atoms in total. The molecule has 15 heavy (non-hydrogen) atoms. The number of ether oxygens (including phenoxy) is 1. The molecule has 0 aromatic heterocycles. The Bertz CT molecular complexity index is 367. The van der Waals surface area contributed by atoms with Crippen LogP contribution in [-0.2, 0) is 0 Å². The third-order valence-corrected chi connectivity index (χ3v) is 2.66. The van der Waals surface area contributed by atoms with Crippen molar-refractivity contribution in [3.05, 3.63) is 31.6 Å². The SMILES string of the molecule is Oc1cc(Cl)c(OCC=C(Br)Br)c(Cl)c1. The average molecular weight is 377 g/mol. The molecule has 6 heteroatoms. The van der Waals surface area contributed by atoms with Crippen molar-refractivity contribution in [2.45, 2.75) is 0 Å². The van der Waals surface area contributed by atoms with Gasteiger partial charge in [-0.05, 0) is 37.9 Å². The van der Waals surface area contributed by atoms with Crippen LogP contribution in [0.25, 0.3) is 0 Å². The van der Waals surface area contributed by atoms with E-state index in [4.69, 9.17) is 27.9 Å². The van der Waals surface area contributed by atoms with E-state index >= 15 is 0 Å².